The molecule has 0 aliphatic heterocycles. The van der Waals surface area contributed by atoms with Crippen LogP contribution in [0.15, 0.2) is 59.7 Å². The summed E-state index contributed by atoms with van der Waals surface area (Å²) < 4.78 is 25.0. The van der Waals surface area contributed by atoms with Crippen molar-refractivity contribution in [2.75, 3.05) is 19.3 Å². The van der Waals surface area contributed by atoms with Gasteiger partial charge in [-0.1, -0.05) is 60.1 Å². The van der Waals surface area contributed by atoms with E-state index in [2.05, 4.69) is 10.5 Å². The Kier molecular flexibility index (Phi) is 7.32. The molecule has 8 heteroatoms. The van der Waals surface area contributed by atoms with Gasteiger partial charge >= 0.3 is 0 Å². The van der Waals surface area contributed by atoms with Crippen LogP contribution in [0.3, 0.4) is 0 Å². The summed E-state index contributed by atoms with van der Waals surface area (Å²) in [6, 6.07) is 16.5. The highest BCUT2D eigenvalue weighted by atomic mass is 35.5. The Morgan fingerprint density at radius 2 is 1.81 bits per heavy atom. The fourth-order valence-corrected chi connectivity index (χ4v) is 3.17. The van der Waals surface area contributed by atoms with Crippen molar-refractivity contribution in [2.24, 2.45) is 5.10 Å². The third kappa shape index (κ3) is 6.59. The number of hydrazone groups is 1. The monoisotopic (exact) mass is 393 g/mol. The first-order valence-electron chi connectivity index (χ1n) is 7.92. The van der Waals surface area contributed by atoms with Gasteiger partial charge in [0.1, 0.15) is 0 Å². The van der Waals surface area contributed by atoms with E-state index in [1.165, 1.54) is 6.21 Å². The maximum absolute atomic E-state index is 12.0. The van der Waals surface area contributed by atoms with Crippen molar-refractivity contribution in [1.82, 2.24) is 9.73 Å². The molecule has 2 aromatic rings. The van der Waals surface area contributed by atoms with E-state index >= 15 is 0 Å². The molecule has 0 spiro atoms. The third-order valence-corrected chi connectivity index (χ3v) is 5.17. The van der Waals surface area contributed by atoms with Gasteiger partial charge in [0, 0.05) is 17.1 Å². The Hall–Kier alpha value is -2.22. The molecule has 0 saturated heterocycles. The zero-order valence-corrected chi connectivity index (χ0v) is 15.9. The van der Waals surface area contributed by atoms with Crippen molar-refractivity contribution in [2.45, 2.75) is 6.42 Å². The number of carbonyl (C=O) groups is 1. The van der Waals surface area contributed by atoms with Crippen LogP contribution >= 0.6 is 11.6 Å². The van der Waals surface area contributed by atoms with Crippen LogP contribution in [-0.4, -0.2) is 44.2 Å². The number of rotatable bonds is 8. The molecule has 6 nitrogen and oxygen atoms in total. The standard InChI is InChI=1S/C18H20ClN3O3S/c1-26(24,25)22(12-11-15-7-3-2-4-8-15)14-18(23)21-20-13-16-9-5-6-10-17(16)19/h2-10,13H,11-12,14H2,1H3,(H,21,23)/b20-13+. The molecule has 0 heterocycles. The summed E-state index contributed by atoms with van der Waals surface area (Å²) in [4.78, 5) is 12.0. The van der Waals surface area contributed by atoms with Gasteiger partial charge in [-0.05, 0) is 18.1 Å². The largest absolute Gasteiger partial charge is 0.272 e. The van der Waals surface area contributed by atoms with E-state index in [-0.39, 0.29) is 13.1 Å². The second-order valence-electron chi connectivity index (χ2n) is 5.65. The number of carbonyl (C=O) groups excluding carboxylic acids is 1. The Bertz CT molecular complexity index is 870. The first kappa shape index (κ1) is 20.1. The van der Waals surface area contributed by atoms with Crippen molar-refractivity contribution in [3.63, 3.8) is 0 Å². The first-order chi connectivity index (χ1) is 12.4. The van der Waals surface area contributed by atoms with Gasteiger partial charge < -0.3 is 0 Å². The summed E-state index contributed by atoms with van der Waals surface area (Å²) in [5.41, 5.74) is 3.97. The molecule has 0 bridgehead atoms. The van der Waals surface area contributed by atoms with Gasteiger partial charge in [-0.15, -0.1) is 0 Å². The smallest absolute Gasteiger partial charge is 0.255 e. The van der Waals surface area contributed by atoms with Crippen LogP contribution < -0.4 is 5.43 Å². The maximum Gasteiger partial charge on any atom is 0.255 e. The van der Waals surface area contributed by atoms with E-state index in [4.69, 9.17) is 11.6 Å². The molecule has 26 heavy (non-hydrogen) atoms. The number of hydrogen-bond donors (Lipinski definition) is 1. The Morgan fingerprint density at radius 1 is 1.15 bits per heavy atom. The molecule has 0 atom stereocenters. The van der Waals surface area contributed by atoms with Crippen LogP contribution in [0.5, 0.6) is 0 Å². The van der Waals surface area contributed by atoms with Gasteiger partial charge in [0.2, 0.25) is 10.0 Å². The van der Waals surface area contributed by atoms with Crippen molar-refractivity contribution in [3.8, 4) is 0 Å². The minimum absolute atomic E-state index is 0.213. The Labute approximate surface area is 158 Å². The lowest BCUT2D eigenvalue weighted by atomic mass is 10.1. The first-order valence-corrected chi connectivity index (χ1v) is 10.1. The Balaban J connectivity index is 1.93. The van der Waals surface area contributed by atoms with Crippen LogP contribution in [0.1, 0.15) is 11.1 Å². The molecule has 0 unspecified atom stereocenters. The van der Waals surface area contributed by atoms with E-state index in [9.17, 15) is 13.2 Å². The molecule has 0 radical (unpaired) electrons. The molecule has 0 saturated carbocycles. The van der Waals surface area contributed by atoms with E-state index in [1.807, 2.05) is 30.3 Å². The van der Waals surface area contributed by atoms with Gasteiger partial charge in [-0.2, -0.15) is 9.41 Å². The number of amides is 1. The van der Waals surface area contributed by atoms with E-state index < -0.39 is 15.9 Å². The molecule has 0 fully saturated rings. The maximum atomic E-state index is 12.0. The zero-order valence-electron chi connectivity index (χ0n) is 14.3. The van der Waals surface area contributed by atoms with Gasteiger partial charge in [0.25, 0.3) is 5.91 Å². The van der Waals surface area contributed by atoms with Crippen LogP contribution in [-0.2, 0) is 21.2 Å². The van der Waals surface area contributed by atoms with Crippen molar-refractivity contribution < 1.29 is 13.2 Å². The van der Waals surface area contributed by atoms with Crippen molar-refractivity contribution in [1.29, 1.82) is 0 Å². The highest BCUT2D eigenvalue weighted by Gasteiger charge is 2.19. The predicted molar refractivity (Wildman–Crippen MR) is 104 cm³/mol. The molecule has 1 N–H and O–H groups in total. The highest BCUT2D eigenvalue weighted by molar-refractivity contribution is 7.88. The summed E-state index contributed by atoms with van der Waals surface area (Å²) >= 11 is 5.99. The predicted octanol–water partition coefficient (Wildman–Crippen LogP) is 2.29. The minimum Gasteiger partial charge on any atom is -0.272 e. The molecule has 0 aliphatic carbocycles. The summed E-state index contributed by atoms with van der Waals surface area (Å²) in [7, 11) is -3.51. The fraction of sp³-hybridized carbons (Fsp3) is 0.222. The minimum atomic E-state index is -3.51. The lowest BCUT2D eigenvalue weighted by Gasteiger charge is -2.18. The molecule has 2 rings (SSSR count). The third-order valence-electron chi connectivity index (χ3n) is 3.58. The Morgan fingerprint density at radius 3 is 2.46 bits per heavy atom. The number of halogens is 1. The quantitative estimate of drug-likeness (QED) is 0.552. The molecule has 2 aromatic carbocycles. The molecule has 138 valence electrons. The van der Waals surface area contributed by atoms with Gasteiger partial charge in [0.05, 0.1) is 19.0 Å². The average molecular weight is 394 g/mol. The molecule has 0 aliphatic rings. The summed E-state index contributed by atoms with van der Waals surface area (Å²) in [5, 5.41) is 4.33. The van der Waals surface area contributed by atoms with Crippen molar-refractivity contribution in [3.05, 3.63) is 70.7 Å². The summed E-state index contributed by atoms with van der Waals surface area (Å²) in [6.07, 6.45) is 3.01. The number of benzene rings is 2. The SMILES string of the molecule is CS(=O)(=O)N(CCc1ccccc1)CC(=O)N/N=C/c1ccccc1Cl. The van der Waals surface area contributed by atoms with Crippen LogP contribution in [0.4, 0.5) is 0 Å². The zero-order chi connectivity index (χ0) is 19.0. The van der Waals surface area contributed by atoms with Crippen LogP contribution in [0.25, 0.3) is 0 Å². The number of nitrogens with one attached hydrogen (secondary N) is 1. The second-order valence-corrected chi connectivity index (χ2v) is 8.04. The van der Waals surface area contributed by atoms with E-state index in [0.717, 1.165) is 16.1 Å². The van der Waals surface area contributed by atoms with Crippen LogP contribution in [0.2, 0.25) is 5.02 Å². The van der Waals surface area contributed by atoms with Crippen LogP contribution in [0, 0.1) is 0 Å². The number of hydrogen-bond acceptors (Lipinski definition) is 4. The van der Waals surface area contributed by atoms with E-state index in [0.29, 0.717) is 17.0 Å². The summed E-state index contributed by atoms with van der Waals surface area (Å²) in [5.74, 6) is -0.521. The van der Waals surface area contributed by atoms with Gasteiger partial charge in [-0.3, -0.25) is 4.79 Å². The highest BCUT2D eigenvalue weighted by Crippen LogP contribution is 2.12. The average Bonchev–Trinajstić information content (AvgIpc) is 2.60. The fourth-order valence-electron chi connectivity index (χ4n) is 2.21. The molecular formula is C18H20ClN3O3S. The summed E-state index contributed by atoms with van der Waals surface area (Å²) in [6.45, 7) is -0.0873. The molecule has 1 amide bonds. The van der Waals surface area contributed by atoms with E-state index in [1.54, 1.807) is 24.3 Å². The molecule has 0 aromatic heterocycles. The topological polar surface area (TPSA) is 78.8 Å². The lowest BCUT2D eigenvalue weighted by Crippen LogP contribution is -2.40. The van der Waals surface area contributed by atoms with Crippen molar-refractivity contribution >= 4 is 33.7 Å². The normalized spacial score (nSPS) is 11.8. The van der Waals surface area contributed by atoms with Gasteiger partial charge in [0.15, 0.2) is 0 Å². The molecular weight excluding hydrogens is 374 g/mol. The lowest BCUT2D eigenvalue weighted by molar-refractivity contribution is -0.121. The number of sulfonamides is 1. The van der Waals surface area contributed by atoms with Gasteiger partial charge in [-0.25, -0.2) is 13.8 Å². The number of nitrogens with zero attached hydrogens (tertiary/aromatic N) is 2. The second kappa shape index (κ2) is 9.47.